The lowest BCUT2D eigenvalue weighted by molar-refractivity contribution is -0.147. The Labute approximate surface area is 119 Å². The topological polar surface area (TPSA) is 76.1 Å². The van der Waals surface area contributed by atoms with Crippen molar-refractivity contribution < 1.29 is 24.2 Å². The smallest absolute Gasteiger partial charge is 0.411 e. The Morgan fingerprint density at radius 1 is 1.45 bits per heavy atom. The van der Waals surface area contributed by atoms with E-state index in [1.54, 1.807) is 26.8 Å². The highest BCUT2D eigenvalue weighted by molar-refractivity contribution is 5.82. The maximum Gasteiger partial charge on any atom is 0.411 e. The Kier molecular flexibility index (Phi) is 5.16. The van der Waals surface area contributed by atoms with E-state index in [0.29, 0.717) is 6.42 Å². The van der Waals surface area contributed by atoms with E-state index in [0.717, 1.165) is 0 Å². The van der Waals surface area contributed by atoms with Crippen molar-refractivity contribution in [3.05, 3.63) is 12.7 Å². The number of hydrogen-bond acceptors (Lipinski definition) is 5. The van der Waals surface area contributed by atoms with Crippen molar-refractivity contribution in [3.63, 3.8) is 0 Å². The molecule has 1 unspecified atom stereocenters. The lowest BCUT2D eigenvalue weighted by Gasteiger charge is -2.28. The van der Waals surface area contributed by atoms with Crippen LogP contribution in [0.15, 0.2) is 12.7 Å². The number of likely N-dealkylation sites (tertiary alicyclic amines) is 1. The first-order chi connectivity index (χ1) is 9.21. The van der Waals surface area contributed by atoms with Crippen molar-refractivity contribution in [2.24, 2.45) is 5.92 Å². The number of carbonyl (C=O) groups is 2. The van der Waals surface area contributed by atoms with Gasteiger partial charge in [0, 0.05) is 5.92 Å². The summed E-state index contributed by atoms with van der Waals surface area (Å²) in [5, 5.41) is 10.0. The van der Waals surface area contributed by atoms with Crippen LogP contribution in [0.5, 0.6) is 0 Å². The first kappa shape index (κ1) is 16.5. The summed E-state index contributed by atoms with van der Waals surface area (Å²) in [6.07, 6.45) is 0.603. The summed E-state index contributed by atoms with van der Waals surface area (Å²) < 4.78 is 10.00. The summed E-state index contributed by atoms with van der Waals surface area (Å²) in [6.45, 7) is 8.88. The first-order valence-corrected chi connectivity index (χ1v) is 6.57. The quantitative estimate of drug-likeness (QED) is 0.625. The van der Waals surface area contributed by atoms with Gasteiger partial charge in [-0.2, -0.15) is 0 Å². The molecule has 6 nitrogen and oxygen atoms in total. The fraction of sp³-hybridized carbons (Fsp3) is 0.714. The van der Waals surface area contributed by atoms with Gasteiger partial charge >= 0.3 is 12.1 Å². The van der Waals surface area contributed by atoms with Crippen LogP contribution in [0.1, 0.15) is 27.2 Å². The Hall–Kier alpha value is -1.56. The zero-order chi connectivity index (χ0) is 15.5. The van der Waals surface area contributed by atoms with E-state index < -0.39 is 35.7 Å². The predicted octanol–water partition coefficient (Wildman–Crippen LogP) is 1.33. The molecule has 0 saturated carbocycles. The number of ether oxygens (including phenoxy) is 2. The van der Waals surface area contributed by atoms with Crippen molar-refractivity contribution in [2.75, 3.05) is 13.7 Å². The second kappa shape index (κ2) is 6.26. The number of carbonyl (C=O) groups excluding carboxylic acids is 2. The van der Waals surface area contributed by atoms with E-state index in [1.807, 2.05) is 0 Å². The van der Waals surface area contributed by atoms with Gasteiger partial charge in [0.1, 0.15) is 11.6 Å². The highest BCUT2D eigenvalue weighted by atomic mass is 16.6. The number of allylic oxidation sites excluding steroid dienone is 1. The average molecular weight is 285 g/mol. The van der Waals surface area contributed by atoms with Crippen LogP contribution in [0.2, 0.25) is 0 Å². The summed E-state index contributed by atoms with van der Waals surface area (Å²) in [5.41, 5.74) is -0.667. The van der Waals surface area contributed by atoms with Crippen molar-refractivity contribution in [1.29, 1.82) is 0 Å². The second-order valence-corrected chi connectivity index (χ2v) is 5.86. The van der Waals surface area contributed by atoms with Gasteiger partial charge in [-0.1, -0.05) is 6.08 Å². The number of methoxy groups -OCH3 is 1. The Morgan fingerprint density at radius 2 is 2.05 bits per heavy atom. The summed E-state index contributed by atoms with van der Waals surface area (Å²) >= 11 is 0. The van der Waals surface area contributed by atoms with Crippen LogP contribution in [-0.4, -0.2) is 53.5 Å². The minimum Gasteiger partial charge on any atom is -0.467 e. The van der Waals surface area contributed by atoms with Gasteiger partial charge in [0.25, 0.3) is 0 Å². The van der Waals surface area contributed by atoms with Gasteiger partial charge in [-0.05, 0) is 27.2 Å². The Bertz CT molecular complexity index is 388. The van der Waals surface area contributed by atoms with Crippen molar-refractivity contribution in [3.8, 4) is 0 Å². The number of β-amino-alcohol motifs (C(OH)–C–C–N with tert-alkyl or cyclic N) is 1. The molecular weight excluding hydrogens is 262 g/mol. The number of amides is 1. The second-order valence-electron chi connectivity index (χ2n) is 5.86. The maximum atomic E-state index is 12.1. The molecule has 1 fully saturated rings. The third-order valence-electron chi connectivity index (χ3n) is 3.13. The highest BCUT2D eigenvalue weighted by Crippen LogP contribution is 2.30. The molecule has 1 aliphatic rings. The van der Waals surface area contributed by atoms with Gasteiger partial charge in [-0.15, -0.1) is 6.58 Å². The molecule has 114 valence electrons. The molecule has 0 aromatic heterocycles. The molecule has 1 amide bonds. The molecule has 1 rings (SSSR count). The van der Waals surface area contributed by atoms with Crippen LogP contribution in [0.25, 0.3) is 0 Å². The average Bonchev–Trinajstić information content (AvgIpc) is 2.65. The fourth-order valence-corrected chi connectivity index (χ4v) is 2.30. The summed E-state index contributed by atoms with van der Waals surface area (Å²) in [4.78, 5) is 25.3. The van der Waals surface area contributed by atoms with E-state index in [9.17, 15) is 14.7 Å². The minimum absolute atomic E-state index is 0.0488. The van der Waals surface area contributed by atoms with Gasteiger partial charge in [-0.3, -0.25) is 4.90 Å². The van der Waals surface area contributed by atoms with Crippen molar-refractivity contribution >= 4 is 12.1 Å². The van der Waals surface area contributed by atoms with E-state index in [4.69, 9.17) is 9.47 Å². The summed E-state index contributed by atoms with van der Waals surface area (Å²) in [6, 6.07) is -0.845. The highest BCUT2D eigenvalue weighted by Gasteiger charge is 2.48. The standard InChI is InChI=1S/C14H23NO5/c1-6-7-9-10(16)8-15(11(9)12(17)19-5)13(18)20-14(2,3)4/h6,9-11,16H,1,7-8H2,2-5H3/t9-,10?,11+/m1/s1. The van der Waals surface area contributed by atoms with Gasteiger partial charge in [-0.25, -0.2) is 9.59 Å². The Morgan fingerprint density at radius 3 is 2.50 bits per heavy atom. The van der Waals surface area contributed by atoms with E-state index in [2.05, 4.69) is 6.58 Å². The summed E-state index contributed by atoms with van der Waals surface area (Å²) in [5.74, 6) is -0.980. The van der Waals surface area contributed by atoms with Gasteiger partial charge in [0.2, 0.25) is 0 Å². The van der Waals surface area contributed by atoms with Crippen molar-refractivity contribution in [1.82, 2.24) is 4.90 Å². The molecule has 20 heavy (non-hydrogen) atoms. The number of nitrogens with zero attached hydrogens (tertiary/aromatic N) is 1. The van der Waals surface area contributed by atoms with Crippen LogP contribution in [0, 0.1) is 5.92 Å². The third kappa shape index (κ3) is 3.72. The lowest BCUT2D eigenvalue weighted by atomic mass is 9.94. The van der Waals surface area contributed by atoms with Gasteiger partial charge in [0.15, 0.2) is 0 Å². The molecule has 3 atom stereocenters. The van der Waals surface area contributed by atoms with Crippen molar-refractivity contribution in [2.45, 2.75) is 44.9 Å². The third-order valence-corrected chi connectivity index (χ3v) is 3.13. The Balaban J connectivity index is 2.96. The molecule has 0 radical (unpaired) electrons. The number of hydrogen-bond donors (Lipinski definition) is 1. The molecular formula is C14H23NO5. The molecule has 0 aliphatic carbocycles. The van der Waals surface area contributed by atoms with Gasteiger partial charge in [0.05, 0.1) is 19.8 Å². The van der Waals surface area contributed by atoms with Crippen LogP contribution >= 0.6 is 0 Å². The molecule has 1 aliphatic heterocycles. The van der Waals surface area contributed by atoms with Crippen LogP contribution in [0.4, 0.5) is 4.79 Å². The van der Waals surface area contributed by atoms with Crippen LogP contribution in [-0.2, 0) is 14.3 Å². The molecule has 0 spiro atoms. The fourth-order valence-electron chi connectivity index (χ4n) is 2.30. The molecule has 1 heterocycles. The van der Waals surface area contributed by atoms with E-state index >= 15 is 0 Å². The number of rotatable bonds is 3. The molecule has 0 aromatic rings. The maximum absolute atomic E-state index is 12.1. The van der Waals surface area contributed by atoms with E-state index in [-0.39, 0.29) is 6.54 Å². The minimum atomic E-state index is -0.845. The predicted molar refractivity (Wildman–Crippen MR) is 73.1 cm³/mol. The largest absolute Gasteiger partial charge is 0.467 e. The SMILES string of the molecule is C=CC[C@@H]1C(O)CN(C(=O)OC(C)(C)C)[C@@H]1C(=O)OC. The zero-order valence-electron chi connectivity index (χ0n) is 12.5. The lowest BCUT2D eigenvalue weighted by Crippen LogP contribution is -2.46. The van der Waals surface area contributed by atoms with Gasteiger partial charge < -0.3 is 14.6 Å². The monoisotopic (exact) mass is 285 g/mol. The zero-order valence-corrected chi connectivity index (χ0v) is 12.5. The first-order valence-electron chi connectivity index (χ1n) is 6.57. The van der Waals surface area contributed by atoms with Crippen LogP contribution in [0.3, 0.4) is 0 Å². The number of aliphatic hydroxyl groups excluding tert-OH is 1. The molecule has 6 heteroatoms. The number of aliphatic hydroxyl groups is 1. The number of esters is 1. The molecule has 1 saturated heterocycles. The molecule has 0 aromatic carbocycles. The normalized spacial score (nSPS) is 26.2. The molecule has 0 bridgehead atoms. The summed E-state index contributed by atoms with van der Waals surface area (Å²) in [7, 11) is 1.26. The molecule has 1 N–H and O–H groups in total. The van der Waals surface area contributed by atoms with E-state index in [1.165, 1.54) is 12.0 Å². The van der Waals surface area contributed by atoms with Crippen LogP contribution < -0.4 is 0 Å².